The number of sulfonamides is 1. The molecule has 2 aliphatic rings. The highest BCUT2D eigenvalue weighted by molar-refractivity contribution is 7.89. The smallest absolute Gasteiger partial charge is 0.254 e. The molecular weight excluding hydrogens is 420 g/mol. The van der Waals surface area contributed by atoms with E-state index in [0.29, 0.717) is 37.0 Å². The molecule has 0 N–H and O–H groups in total. The molecule has 4 rings (SSSR count). The van der Waals surface area contributed by atoms with Gasteiger partial charge in [0.15, 0.2) is 0 Å². The third-order valence-electron chi connectivity index (χ3n) is 7.00. The number of rotatable bonds is 3. The van der Waals surface area contributed by atoms with Gasteiger partial charge in [-0.1, -0.05) is 32.0 Å². The van der Waals surface area contributed by atoms with Gasteiger partial charge in [0.25, 0.3) is 5.91 Å². The summed E-state index contributed by atoms with van der Waals surface area (Å²) in [5.41, 5.74) is 3.98. The van der Waals surface area contributed by atoms with Gasteiger partial charge in [0, 0.05) is 30.7 Å². The van der Waals surface area contributed by atoms with E-state index >= 15 is 0 Å². The van der Waals surface area contributed by atoms with Crippen LogP contribution in [0.15, 0.2) is 47.4 Å². The Hall–Kier alpha value is -2.18. The Kier molecular flexibility index (Phi) is 5.97. The Labute approximate surface area is 192 Å². The largest absolute Gasteiger partial charge is 0.329 e. The molecule has 0 aromatic heterocycles. The third-order valence-corrected chi connectivity index (χ3v) is 8.84. The van der Waals surface area contributed by atoms with E-state index in [4.69, 9.17) is 0 Å². The summed E-state index contributed by atoms with van der Waals surface area (Å²) in [6, 6.07) is 12.7. The van der Waals surface area contributed by atoms with Gasteiger partial charge < -0.3 is 4.90 Å². The Morgan fingerprint density at radius 3 is 2.25 bits per heavy atom. The van der Waals surface area contributed by atoms with Crippen LogP contribution in [0.4, 0.5) is 0 Å². The second-order valence-corrected chi connectivity index (χ2v) is 12.3. The van der Waals surface area contributed by atoms with Crippen LogP contribution < -0.4 is 0 Å². The lowest BCUT2D eigenvalue weighted by molar-refractivity contribution is 0.0488. The Morgan fingerprint density at radius 2 is 1.62 bits per heavy atom. The Balaban J connectivity index is 1.57. The van der Waals surface area contributed by atoms with E-state index in [1.54, 1.807) is 28.6 Å². The van der Waals surface area contributed by atoms with E-state index in [-0.39, 0.29) is 16.3 Å². The van der Waals surface area contributed by atoms with Crippen molar-refractivity contribution in [2.24, 2.45) is 11.8 Å². The maximum Gasteiger partial charge on any atom is 0.254 e. The number of hydrogen-bond donors (Lipinski definition) is 0. The lowest BCUT2D eigenvalue weighted by atomic mass is 9.83. The van der Waals surface area contributed by atoms with Crippen molar-refractivity contribution < 1.29 is 13.2 Å². The first-order valence-electron chi connectivity index (χ1n) is 11.5. The van der Waals surface area contributed by atoms with Gasteiger partial charge in [-0.05, 0) is 86.4 Å². The number of nitrogens with zero attached hydrogens (tertiary/aromatic N) is 2. The second kappa shape index (κ2) is 8.31. The van der Waals surface area contributed by atoms with Crippen molar-refractivity contribution in [3.05, 3.63) is 64.7 Å². The van der Waals surface area contributed by atoms with E-state index in [9.17, 15) is 13.2 Å². The lowest BCUT2D eigenvalue weighted by Crippen LogP contribution is -2.51. The van der Waals surface area contributed by atoms with Crippen LogP contribution in [-0.4, -0.2) is 42.2 Å². The lowest BCUT2D eigenvalue weighted by Gasteiger charge is -2.44. The summed E-state index contributed by atoms with van der Waals surface area (Å²) >= 11 is 0. The van der Waals surface area contributed by atoms with Crippen LogP contribution in [0, 0.1) is 18.8 Å². The molecule has 32 heavy (non-hydrogen) atoms. The van der Waals surface area contributed by atoms with E-state index in [1.165, 1.54) is 16.7 Å². The van der Waals surface area contributed by atoms with E-state index in [0.717, 1.165) is 12.8 Å². The Bertz CT molecular complexity index is 1110. The molecule has 0 radical (unpaired) electrons. The molecular formula is C26H34N2O3S. The minimum absolute atomic E-state index is 0.0636. The first-order valence-corrected chi connectivity index (χ1v) is 12.9. The fourth-order valence-corrected chi connectivity index (χ4v) is 6.98. The molecule has 1 amide bonds. The quantitative estimate of drug-likeness (QED) is 0.679. The molecule has 2 heterocycles. The summed E-state index contributed by atoms with van der Waals surface area (Å²) in [6.45, 7) is 12.2. The van der Waals surface area contributed by atoms with Gasteiger partial charge >= 0.3 is 0 Å². The highest BCUT2D eigenvalue weighted by Gasteiger charge is 2.37. The molecule has 0 saturated carbocycles. The van der Waals surface area contributed by atoms with Crippen LogP contribution in [0.5, 0.6) is 0 Å². The highest BCUT2D eigenvalue weighted by atomic mass is 32.2. The fraction of sp³-hybridized carbons (Fsp3) is 0.500. The zero-order chi connectivity index (χ0) is 23.3. The van der Waals surface area contributed by atoms with Crippen LogP contribution in [0.25, 0.3) is 0 Å². The van der Waals surface area contributed by atoms with Crippen molar-refractivity contribution in [3.8, 4) is 0 Å². The number of aryl methyl sites for hydroxylation is 1. The van der Waals surface area contributed by atoms with Crippen LogP contribution in [0.1, 0.15) is 61.2 Å². The van der Waals surface area contributed by atoms with Crippen molar-refractivity contribution in [1.29, 1.82) is 0 Å². The van der Waals surface area contributed by atoms with Crippen LogP contribution in [-0.2, 0) is 23.0 Å². The van der Waals surface area contributed by atoms with Crippen molar-refractivity contribution >= 4 is 15.9 Å². The van der Waals surface area contributed by atoms with Crippen molar-refractivity contribution in [2.75, 3.05) is 13.1 Å². The molecule has 2 atom stereocenters. The SMILES string of the molecule is Cc1cccc2c1CC(C)(C)N(C(=O)c1ccc(S(=O)(=O)N3CC(C)CC(C)C3)cc1)C2. The molecule has 0 spiro atoms. The third kappa shape index (κ3) is 4.23. The minimum atomic E-state index is -3.55. The van der Waals surface area contributed by atoms with E-state index in [2.05, 4.69) is 46.8 Å². The number of carbonyl (C=O) groups excluding carboxylic acids is 1. The van der Waals surface area contributed by atoms with Crippen LogP contribution in [0.2, 0.25) is 0 Å². The number of benzene rings is 2. The molecule has 2 aromatic carbocycles. The van der Waals surface area contributed by atoms with Gasteiger partial charge in [-0.15, -0.1) is 0 Å². The summed E-state index contributed by atoms with van der Waals surface area (Å²) < 4.78 is 27.9. The van der Waals surface area contributed by atoms with Gasteiger partial charge in [0.2, 0.25) is 10.0 Å². The van der Waals surface area contributed by atoms with Crippen molar-refractivity contribution in [2.45, 2.75) is 64.4 Å². The molecule has 0 aliphatic carbocycles. The molecule has 2 unspecified atom stereocenters. The number of carbonyl (C=O) groups is 1. The first kappa shape index (κ1) is 23.0. The van der Waals surface area contributed by atoms with E-state index in [1.807, 2.05) is 11.0 Å². The zero-order valence-electron chi connectivity index (χ0n) is 19.8. The number of piperidine rings is 1. The minimum Gasteiger partial charge on any atom is -0.329 e. The average molecular weight is 455 g/mol. The van der Waals surface area contributed by atoms with Gasteiger partial charge in [-0.3, -0.25) is 4.79 Å². The maximum absolute atomic E-state index is 13.4. The Morgan fingerprint density at radius 1 is 1.00 bits per heavy atom. The summed E-state index contributed by atoms with van der Waals surface area (Å²) in [6.07, 6.45) is 1.85. The zero-order valence-corrected chi connectivity index (χ0v) is 20.6. The molecule has 6 heteroatoms. The number of amides is 1. The monoisotopic (exact) mass is 454 g/mol. The summed E-state index contributed by atoms with van der Waals surface area (Å²) in [5, 5.41) is 0. The predicted molar refractivity (Wildman–Crippen MR) is 127 cm³/mol. The van der Waals surface area contributed by atoms with Crippen LogP contribution in [0.3, 0.4) is 0 Å². The molecule has 2 aliphatic heterocycles. The first-order chi connectivity index (χ1) is 15.0. The maximum atomic E-state index is 13.4. The molecule has 1 fully saturated rings. The number of fused-ring (bicyclic) bond motifs is 1. The summed E-state index contributed by atoms with van der Waals surface area (Å²) in [4.78, 5) is 15.6. The normalized spacial score (nSPS) is 23.6. The van der Waals surface area contributed by atoms with Crippen molar-refractivity contribution in [3.63, 3.8) is 0 Å². The summed E-state index contributed by atoms with van der Waals surface area (Å²) in [5.74, 6) is 0.635. The molecule has 1 saturated heterocycles. The van der Waals surface area contributed by atoms with Gasteiger partial charge in [-0.25, -0.2) is 8.42 Å². The fourth-order valence-electron chi connectivity index (χ4n) is 5.30. The van der Waals surface area contributed by atoms with Gasteiger partial charge in [-0.2, -0.15) is 4.31 Å². The summed E-state index contributed by atoms with van der Waals surface area (Å²) in [7, 11) is -3.55. The standard InChI is InChI=1S/C26H34N2O3S/c1-18-13-19(2)16-27(15-18)32(30,31)23-11-9-21(10-12-23)25(29)28-17-22-8-6-7-20(3)24(22)14-26(28,4)5/h6-12,18-19H,13-17H2,1-5H3. The van der Waals surface area contributed by atoms with E-state index < -0.39 is 10.0 Å². The van der Waals surface area contributed by atoms with Crippen molar-refractivity contribution in [1.82, 2.24) is 9.21 Å². The van der Waals surface area contributed by atoms with Crippen LogP contribution >= 0.6 is 0 Å². The predicted octanol–water partition coefficient (Wildman–Crippen LogP) is 4.64. The molecule has 0 bridgehead atoms. The van der Waals surface area contributed by atoms with Gasteiger partial charge in [0.05, 0.1) is 4.90 Å². The molecule has 172 valence electrons. The highest BCUT2D eigenvalue weighted by Crippen LogP contribution is 2.34. The van der Waals surface area contributed by atoms with Gasteiger partial charge in [0.1, 0.15) is 0 Å². The molecule has 2 aromatic rings. The second-order valence-electron chi connectivity index (χ2n) is 10.4. The number of hydrogen-bond acceptors (Lipinski definition) is 3. The average Bonchev–Trinajstić information content (AvgIpc) is 2.72. The molecule has 5 nitrogen and oxygen atoms in total. The topological polar surface area (TPSA) is 57.7 Å².